The maximum Gasteiger partial charge on any atom is 0.266 e. The second-order valence-corrected chi connectivity index (χ2v) is 9.87. The minimum absolute atomic E-state index is 0.0371. The molecule has 2 aromatic heterocycles. The van der Waals surface area contributed by atoms with Crippen LogP contribution in [0.1, 0.15) is 56.5 Å². The lowest BCUT2D eigenvalue weighted by Gasteiger charge is -2.36. The van der Waals surface area contributed by atoms with E-state index in [1.54, 1.807) is 18.4 Å². The van der Waals surface area contributed by atoms with Gasteiger partial charge in [0.2, 0.25) is 0 Å². The molecule has 1 aromatic carbocycles. The number of rotatable bonds is 6. The summed E-state index contributed by atoms with van der Waals surface area (Å²) in [6.45, 7) is 6.42. The number of hydrogen-bond acceptors (Lipinski definition) is 5. The van der Waals surface area contributed by atoms with Crippen LogP contribution in [0.25, 0.3) is 0 Å². The van der Waals surface area contributed by atoms with E-state index in [0.29, 0.717) is 0 Å². The first-order valence-electron chi connectivity index (χ1n) is 10.4. The van der Waals surface area contributed by atoms with E-state index in [2.05, 4.69) is 36.2 Å². The molecule has 4 rings (SSSR count). The highest BCUT2D eigenvalue weighted by Gasteiger charge is 2.32. The van der Waals surface area contributed by atoms with Crippen LogP contribution in [-0.4, -0.2) is 31.0 Å². The summed E-state index contributed by atoms with van der Waals surface area (Å²) < 4.78 is 5.76. The third kappa shape index (κ3) is 4.17. The van der Waals surface area contributed by atoms with Crippen LogP contribution in [0.15, 0.2) is 41.8 Å². The largest absolute Gasteiger partial charge is 0.496 e. The third-order valence-corrected chi connectivity index (χ3v) is 7.87. The van der Waals surface area contributed by atoms with E-state index in [1.165, 1.54) is 46.6 Å². The molecule has 6 heteroatoms. The first-order valence-corrected chi connectivity index (χ1v) is 12.1. The SMILES string of the molecule is COc1ccccc1[C@H](c1c(NC(=O)c2cccs2)sc(C)c1C)N1CCCCC1. The maximum atomic E-state index is 12.9. The van der Waals surface area contributed by atoms with Crippen molar-refractivity contribution in [2.75, 3.05) is 25.5 Å². The lowest BCUT2D eigenvalue weighted by Crippen LogP contribution is -2.35. The van der Waals surface area contributed by atoms with Gasteiger partial charge >= 0.3 is 0 Å². The average Bonchev–Trinajstić information content (AvgIpc) is 3.40. The fraction of sp³-hybridized carbons (Fsp3) is 0.375. The molecule has 158 valence electrons. The Morgan fingerprint density at radius 1 is 1.10 bits per heavy atom. The highest BCUT2D eigenvalue weighted by molar-refractivity contribution is 7.17. The lowest BCUT2D eigenvalue weighted by molar-refractivity contribution is 0.103. The Morgan fingerprint density at radius 2 is 1.87 bits per heavy atom. The van der Waals surface area contributed by atoms with Crippen molar-refractivity contribution in [1.29, 1.82) is 0 Å². The van der Waals surface area contributed by atoms with Crippen molar-refractivity contribution >= 4 is 33.6 Å². The van der Waals surface area contributed by atoms with Gasteiger partial charge in [0.25, 0.3) is 5.91 Å². The molecule has 0 radical (unpaired) electrons. The van der Waals surface area contributed by atoms with E-state index in [4.69, 9.17) is 4.74 Å². The Morgan fingerprint density at radius 3 is 2.57 bits per heavy atom. The van der Waals surface area contributed by atoms with Crippen molar-refractivity contribution in [1.82, 2.24) is 4.90 Å². The van der Waals surface area contributed by atoms with E-state index < -0.39 is 0 Å². The Hall–Kier alpha value is -2.15. The van der Waals surface area contributed by atoms with Crippen LogP contribution >= 0.6 is 22.7 Å². The quantitative estimate of drug-likeness (QED) is 0.492. The Kier molecular flexibility index (Phi) is 6.56. The predicted molar refractivity (Wildman–Crippen MR) is 126 cm³/mol. The summed E-state index contributed by atoms with van der Waals surface area (Å²) in [5, 5.41) is 6.11. The van der Waals surface area contributed by atoms with Gasteiger partial charge in [-0.05, 0) is 62.9 Å². The molecule has 3 aromatic rings. The van der Waals surface area contributed by atoms with Gasteiger partial charge in [-0.1, -0.05) is 30.7 Å². The Bertz CT molecular complexity index is 1000. The molecule has 1 aliphatic rings. The first-order chi connectivity index (χ1) is 14.6. The number of ether oxygens (including phenoxy) is 1. The summed E-state index contributed by atoms with van der Waals surface area (Å²) in [4.78, 5) is 17.4. The number of carbonyl (C=O) groups is 1. The van der Waals surface area contributed by atoms with Crippen LogP contribution in [0, 0.1) is 13.8 Å². The summed E-state index contributed by atoms with van der Waals surface area (Å²) in [5.74, 6) is 0.858. The summed E-state index contributed by atoms with van der Waals surface area (Å²) in [6, 6.07) is 12.1. The first kappa shape index (κ1) is 21.1. The molecular formula is C24H28N2O2S2. The summed E-state index contributed by atoms with van der Waals surface area (Å²) in [5.41, 5.74) is 3.62. The smallest absolute Gasteiger partial charge is 0.266 e. The van der Waals surface area contributed by atoms with Crippen molar-refractivity contribution in [3.8, 4) is 5.75 Å². The van der Waals surface area contributed by atoms with Gasteiger partial charge < -0.3 is 10.1 Å². The molecule has 0 unspecified atom stereocenters. The zero-order chi connectivity index (χ0) is 21.1. The number of likely N-dealkylation sites (tertiary alicyclic amines) is 1. The number of para-hydroxylation sites is 1. The van der Waals surface area contributed by atoms with Gasteiger partial charge in [0.05, 0.1) is 18.0 Å². The molecule has 3 heterocycles. The highest BCUT2D eigenvalue weighted by atomic mass is 32.1. The van der Waals surface area contributed by atoms with Crippen LogP contribution in [0.2, 0.25) is 0 Å². The van der Waals surface area contributed by atoms with E-state index in [1.807, 2.05) is 29.6 Å². The van der Waals surface area contributed by atoms with Crippen molar-refractivity contribution in [2.24, 2.45) is 0 Å². The highest BCUT2D eigenvalue weighted by Crippen LogP contribution is 2.45. The number of nitrogens with one attached hydrogen (secondary N) is 1. The topological polar surface area (TPSA) is 41.6 Å². The minimum atomic E-state index is -0.0371. The van der Waals surface area contributed by atoms with Crippen molar-refractivity contribution < 1.29 is 9.53 Å². The normalized spacial score (nSPS) is 15.7. The van der Waals surface area contributed by atoms with Crippen molar-refractivity contribution in [2.45, 2.75) is 39.2 Å². The minimum Gasteiger partial charge on any atom is -0.496 e. The number of carbonyl (C=O) groups excluding carboxylic acids is 1. The molecule has 0 spiro atoms. The number of hydrogen-bond donors (Lipinski definition) is 1. The van der Waals surface area contributed by atoms with Gasteiger partial charge in [-0.25, -0.2) is 0 Å². The number of thiophene rings is 2. The second kappa shape index (κ2) is 9.33. The molecule has 30 heavy (non-hydrogen) atoms. The lowest BCUT2D eigenvalue weighted by atomic mass is 9.92. The zero-order valence-corrected chi connectivity index (χ0v) is 19.4. The van der Waals surface area contributed by atoms with Crippen molar-refractivity contribution in [3.05, 3.63) is 68.2 Å². The number of benzene rings is 1. The molecule has 1 fully saturated rings. The van der Waals surface area contributed by atoms with Crippen LogP contribution in [0.4, 0.5) is 5.00 Å². The number of nitrogens with zero attached hydrogens (tertiary/aromatic N) is 1. The number of piperidine rings is 1. The molecule has 1 amide bonds. The molecule has 0 bridgehead atoms. The monoisotopic (exact) mass is 440 g/mol. The van der Waals surface area contributed by atoms with Gasteiger partial charge in [0.15, 0.2) is 0 Å². The number of anilines is 1. The van der Waals surface area contributed by atoms with E-state index >= 15 is 0 Å². The molecule has 1 saturated heterocycles. The standard InChI is InChI=1S/C24H28N2O2S2/c1-16-17(2)30-24(25-23(27)20-12-9-15-29-20)21(16)22(26-13-7-4-8-14-26)18-10-5-6-11-19(18)28-3/h5-6,9-12,15,22H,4,7-8,13-14H2,1-3H3,(H,25,27)/t22-/m1/s1. The van der Waals surface area contributed by atoms with E-state index in [0.717, 1.165) is 34.3 Å². The molecule has 1 aliphatic heterocycles. The average molecular weight is 441 g/mol. The van der Waals surface area contributed by atoms with Gasteiger partial charge in [0, 0.05) is 16.0 Å². The van der Waals surface area contributed by atoms with Crippen LogP contribution in [0.3, 0.4) is 0 Å². The predicted octanol–water partition coefficient (Wildman–Crippen LogP) is 6.26. The van der Waals surface area contributed by atoms with Crippen LogP contribution < -0.4 is 10.1 Å². The zero-order valence-electron chi connectivity index (χ0n) is 17.7. The molecule has 1 N–H and O–H groups in total. The molecule has 0 saturated carbocycles. The number of methoxy groups -OCH3 is 1. The molecule has 1 atom stereocenters. The Labute approximate surface area is 186 Å². The molecular weight excluding hydrogens is 412 g/mol. The second-order valence-electron chi connectivity index (χ2n) is 7.70. The summed E-state index contributed by atoms with van der Waals surface area (Å²) >= 11 is 3.14. The number of aryl methyl sites for hydroxylation is 1. The fourth-order valence-electron chi connectivity index (χ4n) is 4.24. The third-order valence-electron chi connectivity index (χ3n) is 5.87. The molecule has 0 aliphatic carbocycles. The van der Waals surface area contributed by atoms with Crippen molar-refractivity contribution in [3.63, 3.8) is 0 Å². The Balaban J connectivity index is 1.81. The van der Waals surface area contributed by atoms with E-state index in [-0.39, 0.29) is 11.9 Å². The van der Waals surface area contributed by atoms with Gasteiger partial charge in [-0.3, -0.25) is 9.69 Å². The van der Waals surface area contributed by atoms with Gasteiger partial charge in [-0.2, -0.15) is 0 Å². The van der Waals surface area contributed by atoms with Gasteiger partial charge in [-0.15, -0.1) is 22.7 Å². The van der Waals surface area contributed by atoms with Gasteiger partial charge in [0.1, 0.15) is 10.8 Å². The van der Waals surface area contributed by atoms with E-state index in [9.17, 15) is 4.79 Å². The fourth-order valence-corrected chi connectivity index (χ4v) is 5.95. The maximum absolute atomic E-state index is 12.9. The van der Waals surface area contributed by atoms with Crippen LogP contribution in [0.5, 0.6) is 5.75 Å². The van der Waals surface area contributed by atoms with Crippen LogP contribution in [-0.2, 0) is 0 Å². The summed E-state index contributed by atoms with van der Waals surface area (Å²) in [6.07, 6.45) is 3.67. The number of amides is 1. The molecule has 4 nitrogen and oxygen atoms in total. The summed E-state index contributed by atoms with van der Waals surface area (Å²) in [7, 11) is 1.73.